The molecule has 4 heteroatoms. The topological polar surface area (TPSA) is 37.8 Å². The fourth-order valence-electron chi connectivity index (χ4n) is 1.95. The number of hydrogen-bond donors (Lipinski definition) is 1. The summed E-state index contributed by atoms with van der Waals surface area (Å²) in [6.07, 6.45) is 1.04. The fourth-order valence-corrected chi connectivity index (χ4v) is 3.04. The van der Waals surface area contributed by atoms with Crippen LogP contribution in [-0.4, -0.2) is 16.7 Å². The first-order chi connectivity index (χ1) is 8.76. The molecule has 0 spiro atoms. The van der Waals surface area contributed by atoms with Crippen LogP contribution in [0.4, 0.5) is 0 Å². The molecule has 1 unspecified atom stereocenters. The van der Waals surface area contributed by atoms with Crippen LogP contribution in [0.3, 0.4) is 0 Å². The van der Waals surface area contributed by atoms with Crippen LogP contribution in [0.1, 0.15) is 36.9 Å². The van der Waals surface area contributed by atoms with Crippen LogP contribution in [-0.2, 0) is 0 Å². The molecule has 1 heterocycles. The molecular formula is C14H19N3S. The quantitative estimate of drug-likeness (QED) is 0.894. The van der Waals surface area contributed by atoms with Crippen LogP contribution in [0, 0.1) is 6.92 Å². The van der Waals surface area contributed by atoms with Crippen LogP contribution in [0.5, 0.6) is 0 Å². The molecular weight excluding hydrogens is 242 g/mol. The third-order valence-electron chi connectivity index (χ3n) is 2.97. The highest BCUT2D eigenvalue weighted by atomic mass is 32.1. The van der Waals surface area contributed by atoms with Gasteiger partial charge in [0.25, 0.3) is 0 Å². The van der Waals surface area contributed by atoms with Gasteiger partial charge in [0.1, 0.15) is 10.0 Å². The van der Waals surface area contributed by atoms with Gasteiger partial charge in [0.05, 0.1) is 6.04 Å². The summed E-state index contributed by atoms with van der Waals surface area (Å²) in [4.78, 5) is 0. The van der Waals surface area contributed by atoms with Gasteiger partial charge in [-0.1, -0.05) is 49.4 Å². The second-order valence-electron chi connectivity index (χ2n) is 4.28. The van der Waals surface area contributed by atoms with Gasteiger partial charge in [0.15, 0.2) is 0 Å². The van der Waals surface area contributed by atoms with Crippen molar-refractivity contribution in [1.29, 1.82) is 0 Å². The highest BCUT2D eigenvalue weighted by Crippen LogP contribution is 2.29. The van der Waals surface area contributed by atoms with Crippen molar-refractivity contribution < 1.29 is 0 Å². The first-order valence-corrected chi connectivity index (χ1v) is 7.20. The first kappa shape index (κ1) is 13.2. The van der Waals surface area contributed by atoms with Crippen molar-refractivity contribution in [3.05, 3.63) is 34.8 Å². The summed E-state index contributed by atoms with van der Waals surface area (Å²) >= 11 is 1.69. The van der Waals surface area contributed by atoms with Crippen LogP contribution in [0.2, 0.25) is 0 Å². The van der Waals surface area contributed by atoms with Gasteiger partial charge in [-0.2, -0.15) is 0 Å². The molecule has 0 bridgehead atoms. The second-order valence-corrected chi connectivity index (χ2v) is 5.29. The zero-order valence-electron chi connectivity index (χ0n) is 11.1. The molecule has 1 N–H and O–H groups in total. The van der Waals surface area contributed by atoms with Crippen molar-refractivity contribution in [2.45, 2.75) is 33.2 Å². The van der Waals surface area contributed by atoms with Gasteiger partial charge in [0.2, 0.25) is 0 Å². The van der Waals surface area contributed by atoms with Gasteiger partial charge in [-0.3, -0.25) is 0 Å². The van der Waals surface area contributed by atoms with Crippen molar-refractivity contribution in [3.8, 4) is 10.6 Å². The third-order valence-corrected chi connectivity index (χ3v) is 4.04. The summed E-state index contributed by atoms with van der Waals surface area (Å²) in [7, 11) is 0. The summed E-state index contributed by atoms with van der Waals surface area (Å²) in [5.41, 5.74) is 2.43. The van der Waals surface area contributed by atoms with E-state index in [1.807, 2.05) is 12.1 Å². The lowest BCUT2D eigenvalue weighted by atomic mass is 10.1. The van der Waals surface area contributed by atoms with E-state index in [-0.39, 0.29) is 0 Å². The first-order valence-electron chi connectivity index (χ1n) is 6.39. The van der Waals surface area contributed by atoms with E-state index in [0.717, 1.165) is 23.0 Å². The third kappa shape index (κ3) is 2.76. The Morgan fingerprint density at radius 2 is 2.00 bits per heavy atom. The van der Waals surface area contributed by atoms with E-state index in [0.29, 0.717) is 6.04 Å². The predicted molar refractivity (Wildman–Crippen MR) is 76.8 cm³/mol. The molecule has 0 saturated heterocycles. The van der Waals surface area contributed by atoms with Crippen LogP contribution < -0.4 is 5.32 Å². The fraction of sp³-hybridized carbons (Fsp3) is 0.429. The van der Waals surface area contributed by atoms with Crippen molar-refractivity contribution in [2.24, 2.45) is 0 Å². The van der Waals surface area contributed by atoms with Gasteiger partial charge >= 0.3 is 0 Å². The summed E-state index contributed by atoms with van der Waals surface area (Å²) in [5, 5.41) is 14.2. The standard InChI is InChI=1S/C14H19N3S/c1-4-12(15-5-2)14-17-16-13(18-14)11-9-7-6-8-10(11)3/h6-9,12,15H,4-5H2,1-3H3. The Bertz CT molecular complexity index is 507. The monoisotopic (exact) mass is 261 g/mol. The highest BCUT2D eigenvalue weighted by molar-refractivity contribution is 7.14. The lowest BCUT2D eigenvalue weighted by molar-refractivity contribution is 0.531. The minimum absolute atomic E-state index is 0.324. The van der Waals surface area contributed by atoms with Gasteiger partial charge in [-0.15, -0.1) is 10.2 Å². The van der Waals surface area contributed by atoms with E-state index in [9.17, 15) is 0 Å². The molecule has 1 atom stereocenters. The Balaban J connectivity index is 2.28. The maximum atomic E-state index is 4.33. The number of nitrogens with one attached hydrogen (secondary N) is 1. The van der Waals surface area contributed by atoms with Crippen LogP contribution >= 0.6 is 11.3 Å². The molecule has 2 rings (SSSR count). The maximum absolute atomic E-state index is 4.33. The number of rotatable bonds is 5. The van der Waals surface area contributed by atoms with Crippen molar-refractivity contribution in [2.75, 3.05) is 6.54 Å². The number of benzene rings is 1. The Morgan fingerprint density at radius 3 is 2.67 bits per heavy atom. The summed E-state index contributed by atoms with van der Waals surface area (Å²) in [6.45, 7) is 7.35. The van der Waals surface area contributed by atoms with Gasteiger partial charge in [-0.05, 0) is 25.5 Å². The Morgan fingerprint density at radius 1 is 1.22 bits per heavy atom. The van der Waals surface area contributed by atoms with Gasteiger partial charge in [-0.25, -0.2) is 0 Å². The van der Waals surface area contributed by atoms with Crippen molar-refractivity contribution in [3.63, 3.8) is 0 Å². The van der Waals surface area contributed by atoms with E-state index in [1.165, 1.54) is 11.1 Å². The average Bonchev–Trinajstić information content (AvgIpc) is 2.85. The minimum atomic E-state index is 0.324. The van der Waals surface area contributed by atoms with E-state index in [4.69, 9.17) is 0 Å². The Labute approximate surface area is 112 Å². The number of aryl methyl sites for hydroxylation is 1. The highest BCUT2D eigenvalue weighted by Gasteiger charge is 2.15. The molecule has 0 fully saturated rings. The molecule has 18 heavy (non-hydrogen) atoms. The van der Waals surface area contributed by atoms with Crippen molar-refractivity contribution in [1.82, 2.24) is 15.5 Å². The largest absolute Gasteiger partial charge is 0.308 e. The Hall–Kier alpha value is -1.26. The number of nitrogens with zero attached hydrogens (tertiary/aromatic N) is 2. The lowest BCUT2D eigenvalue weighted by Crippen LogP contribution is -2.19. The van der Waals surface area contributed by atoms with E-state index in [1.54, 1.807) is 11.3 Å². The minimum Gasteiger partial charge on any atom is -0.308 e. The second kappa shape index (κ2) is 6.07. The van der Waals surface area contributed by atoms with Crippen LogP contribution in [0.25, 0.3) is 10.6 Å². The molecule has 0 aliphatic rings. The number of aromatic nitrogens is 2. The molecule has 2 aromatic rings. The molecule has 0 aliphatic carbocycles. The van der Waals surface area contributed by atoms with Gasteiger partial charge < -0.3 is 5.32 Å². The van der Waals surface area contributed by atoms with E-state index >= 15 is 0 Å². The maximum Gasteiger partial charge on any atom is 0.148 e. The van der Waals surface area contributed by atoms with Crippen molar-refractivity contribution >= 4 is 11.3 Å². The molecule has 0 radical (unpaired) electrons. The average molecular weight is 261 g/mol. The molecule has 3 nitrogen and oxygen atoms in total. The SMILES string of the molecule is CCNC(CC)c1nnc(-c2ccccc2C)s1. The molecule has 1 aromatic carbocycles. The zero-order valence-corrected chi connectivity index (χ0v) is 11.9. The Kier molecular flexibility index (Phi) is 4.44. The molecule has 0 amide bonds. The molecule has 96 valence electrons. The van der Waals surface area contributed by atoms with Crippen LogP contribution in [0.15, 0.2) is 24.3 Å². The normalized spacial score (nSPS) is 12.6. The van der Waals surface area contributed by atoms with E-state index in [2.05, 4.69) is 48.4 Å². The molecule has 0 saturated carbocycles. The summed E-state index contributed by atoms with van der Waals surface area (Å²) in [6, 6.07) is 8.63. The molecule has 0 aliphatic heterocycles. The predicted octanol–water partition coefficient (Wildman–Crippen LogP) is 3.57. The smallest absolute Gasteiger partial charge is 0.148 e. The van der Waals surface area contributed by atoms with E-state index < -0.39 is 0 Å². The summed E-state index contributed by atoms with van der Waals surface area (Å²) in [5.74, 6) is 0. The summed E-state index contributed by atoms with van der Waals surface area (Å²) < 4.78 is 0. The van der Waals surface area contributed by atoms with Gasteiger partial charge in [0, 0.05) is 5.56 Å². The zero-order chi connectivity index (χ0) is 13.0. The lowest BCUT2D eigenvalue weighted by Gasteiger charge is -2.11. The number of hydrogen-bond acceptors (Lipinski definition) is 4. The molecule has 1 aromatic heterocycles.